The van der Waals surface area contributed by atoms with Gasteiger partial charge in [0.15, 0.2) is 5.65 Å². The molecule has 2 N–H and O–H groups in total. The van der Waals surface area contributed by atoms with Crippen LogP contribution in [0.2, 0.25) is 0 Å². The maximum Gasteiger partial charge on any atom is 0.290 e. The van der Waals surface area contributed by atoms with Crippen LogP contribution in [-0.4, -0.2) is 55.3 Å². The molecule has 0 bridgehead atoms. The molecule has 10 nitrogen and oxygen atoms in total. The number of amides is 2. The van der Waals surface area contributed by atoms with Gasteiger partial charge in [-0.05, 0) is 54.8 Å². The Kier molecular flexibility index (Phi) is 5.24. The molecule has 31 heavy (non-hydrogen) atoms. The van der Waals surface area contributed by atoms with Crippen LogP contribution in [-0.2, 0) is 4.79 Å². The highest BCUT2D eigenvalue weighted by molar-refractivity contribution is 8.18. The number of aromatic nitrogens is 5. The summed E-state index contributed by atoms with van der Waals surface area (Å²) in [6.45, 7) is 2.57. The number of rotatable bonds is 5. The first-order valence-corrected chi connectivity index (χ1v) is 10.8. The van der Waals surface area contributed by atoms with Crippen molar-refractivity contribution in [2.75, 3.05) is 29.9 Å². The standard InChI is InChI=1S/C20H20N8O2S/c29-18-15(31-20(30)25-18)11-14-3-6-22-19(24-14)27-8-4-13(5-9-27)12-23-16-1-2-17-21-7-10-28(17)26-16/h1-3,6-7,10-11,13H,4-5,8-9,12H2,(H,23,26)(H,25,29,30)/b15-11+. The van der Waals surface area contributed by atoms with E-state index in [0.717, 1.165) is 55.7 Å². The molecule has 0 unspecified atom stereocenters. The minimum Gasteiger partial charge on any atom is -0.368 e. The lowest BCUT2D eigenvalue weighted by Gasteiger charge is -2.32. The van der Waals surface area contributed by atoms with Gasteiger partial charge in [-0.2, -0.15) is 0 Å². The number of nitrogens with one attached hydrogen (secondary N) is 2. The molecule has 0 saturated carbocycles. The van der Waals surface area contributed by atoms with E-state index in [-0.39, 0.29) is 11.1 Å². The van der Waals surface area contributed by atoms with Crippen molar-refractivity contribution < 1.29 is 9.59 Å². The second-order valence-electron chi connectivity index (χ2n) is 7.39. The predicted molar refractivity (Wildman–Crippen MR) is 118 cm³/mol. The summed E-state index contributed by atoms with van der Waals surface area (Å²) in [7, 11) is 0. The summed E-state index contributed by atoms with van der Waals surface area (Å²) < 4.78 is 1.76. The number of fused-ring (bicyclic) bond motifs is 1. The van der Waals surface area contributed by atoms with Crippen LogP contribution in [0.25, 0.3) is 11.7 Å². The van der Waals surface area contributed by atoms with E-state index >= 15 is 0 Å². The first-order valence-electron chi connectivity index (χ1n) is 10.0. The number of piperidine rings is 1. The molecule has 0 spiro atoms. The van der Waals surface area contributed by atoms with Gasteiger partial charge in [0.25, 0.3) is 11.1 Å². The molecule has 0 aliphatic carbocycles. The highest BCUT2D eigenvalue weighted by atomic mass is 32.2. The van der Waals surface area contributed by atoms with Gasteiger partial charge in [-0.3, -0.25) is 14.9 Å². The van der Waals surface area contributed by atoms with E-state index in [4.69, 9.17) is 0 Å². The fourth-order valence-corrected chi connectivity index (χ4v) is 4.31. The van der Waals surface area contributed by atoms with Gasteiger partial charge in [0.05, 0.1) is 10.6 Å². The molecule has 11 heteroatoms. The number of carbonyl (C=O) groups is 2. The lowest BCUT2D eigenvalue weighted by atomic mass is 9.97. The molecule has 2 aliphatic heterocycles. The highest BCUT2D eigenvalue weighted by Gasteiger charge is 2.25. The fraction of sp³-hybridized carbons (Fsp3) is 0.300. The second-order valence-corrected chi connectivity index (χ2v) is 8.41. The zero-order chi connectivity index (χ0) is 21.2. The maximum absolute atomic E-state index is 11.7. The third-order valence-corrected chi connectivity index (χ3v) is 6.12. The topological polar surface area (TPSA) is 117 Å². The van der Waals surface area contributed by atoms with E-state index in [1.807, 2.05) is 18.3 Å². The first kappa shape index (κ1) is 19.5. The minimum atomic E-state index is -0.384. The van der Waals surface area contributed by atoms with Crippen molar-refractivity contribution in [3.05, 3.63) is 47.4 Å². The van der Waals surface area contributed by atoms with Gasteiger partial charge in [-0.25, -0.2) is 19.5 Å². The molecule has 3 aromatic rings. The van der Waals surface area contributed by atoms with Crippen molar-refractivity contribution in [3.8, 4) is 0 Å². The Hall–Kier alpha value is -3.47. The molecule has 2 fully saturated rings. The van der Waals surface area contributed by atoms with Crippen LogP contribution < -0.4 is 15.5 Å². The monoisotopic (exact) mass is 436 g/mol. The third-order valence-electron chi connectivity index (χ3n) is 5.31. The molecule has 5 rings (SSSR count). The highest BCUT2D eigenvalue weighted by Crippen LogP contribution is 2.26. The molecule has 0 radical (unpaired) electrons. The van der Waals surface area contributed by atoms with Crippen molar-refractivity contribution in [1.82, 2.24) is 29.9 Å². The quantitative estimate of drug-likeness (QED) is 0.580. The summed E-state index contributed by atoms with van der Waals surface area (Å²) in [5, 5.41) is 9.81. The zero-order valence-electron chi connectivity index (χ0n) is 16.6. The molecule has 158 valence electrons. The Bertz CT molecular complexity index is 1170. The Morgan fingerprint density at radius 1 is 1.16 bits per heavy atom. The van der Waals surface area contributed by atoms with E-state index in [2.05, 4.69) is 35.6 Å². The molecule has 2 aliphatic rings. The number of anilines is 2. The Morgan fingerprint density at radius 2 is 2.03 bits per heavy atom. The van der Waals surface area contributed by atoms with Gasteiger partial charge in [0, 0.05) is 38.2 Å². The normalized spacial score (nSPS) is 18.7. The second kappa shape index (κ2) is 8.34. The molecule has 0 aromatic carbocycles. The van der Waals surface area contributed by atoms with Crippen molar-refractivity contribution in [2.45, 2.75) is 12.8 Å². The van der Waals surface area contributed by atoms with Crippen LogP contribution in [0.3, 0.4) is 0 Å². The molecular formula is C20H20N8O2S. The van der Waals surface area contributed by atoms with E-state index in [1.54, 1.807) is 29.1 Å². The smallest absolute Gasteiger partial charge is 0.290 e. The van der Waals surface area contributed by atoms with Gasteiger partial charge >= 0.3 is 0 Å². The summed E-state index contributed by atoms with van der Waals surface area (Å²) in [4.78, 5) is 38.7. The summed E-state index contributed by atoms with van der Waals surface area (Å²) in [5.74, 6) is 1.63. The maximum atomic E-state index is 11.7. The van der Waals surface area contributed by atoms with Crippen LogP contribution in [0, 0.1) is 5.92 Å². The van der Waals surface area contributed by atoms with E-state index in [1.165, 1.54) is 0 Å². The summed E-state index contributed by atoms with van der Waals surface area (Å²) in [6, 6.07) is 5.62. The number of hydrogen-bond donors (Lipinski definition) is 2. The van der Waals surface area contributed by atoms with Crippen LogP contribution in [0.5, 0.6) is 0 Å². The van der Waals surface area contributed by atoms with Gasteiger partial charge in [-0.15, -0.1) is 5.10 Å². The minimum absolute atomic E-state index is 0.349. The van der Waals surface area contributed by atoms with Crippen molar-refractivity contribution in [3.63, 3.8) is 0 Å². The zero-order valence-corrected chi connectivity index (χ0v) is 17.4. The molecular weight excluding hydrogens is 416 g/mol. The van der Waals surface area contributed by atoms with Crippen LogP contribution in [0.15, 0.2) is 41.7 Å². The molecule has 5 heterocycles. The lowest BCUT2D eigenvalue weighted by Crippen LogP contribution is -2.37. The number of thioether (sulfide) groups is 1. The molecule has 2 amide bonds. The van der Waals surface area contributed by atoms with Crippen molar-refractivity contribution in [2.24, 2.45) is 5.92 Å². The van der Waals surface area contributed by atoms with Gasteiger partial charge in [-0.1, -0.05) is 0 Å². The first-order chi connectivity index (χ1) is 15.1. The van der Waals surface area contributed by atoms with Gasteiger partial charge in [0.1, 0.15) is 5.82 Å². The number of carbonyl (C=O) groups excluding carboxylic acids is 2. The van der Waals surface area contributed by atoms with Crippen molar-refractivity contribution in [1.29, 1.82) is 0 Å². The predicted octanol–water partition coefficient (Wildman–Crippen LogP) is 2.17. The van der Waals surface area contributed by atoms with E-state index in [9.17, 15) is 9.59 Å². The number of imidazole rings is 1. The molecule has 3 aromatic heterocycles. The Morgan fingerprint density at radius 3 is 2.84 bits per heavy atom. The fourth-order valence-electron chi connectivity index (χ4n) is 3.65. The van der Waals surface area contributed by atoms with Gasteiger partial charge in [0.2, 0.25) is 5.95 Å². The van der Waals surface area contributed by atoms with Crippen LogP contribution >= 0.6 is 11.8 Å². The largest absolute Gasteiger partial charge is 0.368 e. The van der Waals surface area contributed by atoms with Crippen LogP contribution in [0.4, 0.5) is 16.6 Å². The Balaban J connectivity index is 1.17. The number of nitrogens with zero attached hydrogens (tertiary/aromatic N) is 6. The summed E-state index contributed by atoms with van der Waals surface area (Å²) in [5.41, 5.74) is 1.44. The van der Waals surface area contributed by atoms with Crippen molar-refractivity contribution >= 4 is 46.4 Å². The molecule has 0 atom stereocenters. The molecule has 2 saturated heterocycles. The van der Waals surface area contributed by atoms with Gasteiger partial charge < -0.3 is 10.2 Å². The van der Waals surface area contributed by atoms with E-state index in [0.29, 0.717) is 22.5 Å². The summed E-state index contributed by atoms with van der Waals surface area (Å²) >= 11 is 0.885. The third kappa shape index (κ3) is 4.36. The van der Waals surface area contributed by atoms with E-state index < -0.39 is 0 Å². The summed E-state index contributed by atoms with van der Waals surface area (Å²) in [6.07, 6.45) is 8.90. The Labute approximate surface area is 182 Å². The average molecular weight is 437 g/mol. The lowest BCUT2D eigenvalue weighted by molar-refractivity contribution is -0.115. The SMILES string of the molecule is O=C1NC(=O)/C(=C\c2ccnc(N3CCC(CNc4ccc5nccn5n4)CC3)n2)S1. The average Bonchev–Trinajstić information content (AvgIpc) is 3.38. The number of imide groups is 1. The number of hydrogen-bond acceptors (Lipinski definition) is 9. The van der Waals surface area contributed by atoms with Crippen LogP contribution in [0.1, 0.15) is 18.5 Å².